The van der Waals surface area contributed by atoms with Crippen LogP contribution in [0.3, 0.4) is 0 Å². The van der Waals surface area contributed by atoms with E-state index < -0.39 is 0 Å². The number of rotatable bonds is 3. The number of imidazole rings is 1. The Kier molecular flexibility index (Phi) is 3.68. The summed E-state index contributed by atoms with van der Waals surface area (Å²) < 4.78 is 4.76. The minimum Gasteiger partial charge on any atom is -0.324 e. The molecule has 1 N–H and O–H groups in total. The molecule has 3 heterocycles. The molecule has 0 amide bonds. The first-order chi connectivity index (χ1) is 10.5. The normalized spacial score (nSPS) is 18.7. The summed E-state index contributed by atoms with van der Waals surface area (Å²) >= 11 is 0. The molecule has 1 aliphatic heterocycles. The molecule has 0 spiro atoms. The van der Waals surface area contributed by atoms with Crippen LogP contribution in [0.5, 0.6) is 0 Å². The first-order valence-electron chi connectivity index (χ1n) is 7.92. The summed E-state index contributed by atoms with van der Waals surface area (Å²) in [4.78, 5) is 29.9. The fourth-order valence-electron chi connectivity index (χ4n) is 3.30. The molecule has 1 saturated heterocycles. The number of aromatic nitrogens is 4. The monoisotopic (exact) mass is 305 g/mol. The third-order valence-electron chi connectivity index (χ3n) is 4.43. The summed E-state index contributed by atoms with van der Waals surface area (Å²) in [7, 11) is 1.86. The van der Waals surface area contributed by atoms with Gasteiger partial charge in [0, 0.05) is 19.6 Å². The number of nitrogens with one attached hydrogen (secondary N) is 1. The molecule has 2 aromatic rings. The number of fused-ring (bicyclic) bond motifs is 1. The van der Waals surface area contributed by atoms with Crippen molar-refractivity contribution in [1.29, 1.82) is 0 Å². The molecule has 0 saturated carbocycles. The molecular weight excluding hydrogens is 282 g/mol. The van der Waals surface area contributed by atoms with Crippen LogP contribution in [0.2, 0.25) is 0 Å². The van der Waals surface area contributed by atoms with Crippen LogP contribution < -0.4 is 16.6 Å². The maximum absolute atomic E-state index is 12.7. The SMILES string of the molecule is CCn1c(=O)c2c(nc(C3CCCN3)n2C)n(C(C)C)c1=O. The van der Waals surface area contributed by atoms with Crippen molar-refractivity contribution in [3.05, 3.63) is 26.7 Å². The number of nitrogens with zero attached hydrogens (tertiary/aromatic N) is 4. The lowest BCUT2D eigenvalue weighted by Crippen LogP contribution is -2.40. The van der Waals surface area contributed by atoms with Crippen LogP contribution in [-0.2, 0) is 13.6 Å². The molecule has 7 nitrogen and oxygen atoms in total. The molecule has 0 aliphatic carbocycles. The largest absolute Gasteiger partial charge is 0.332 e. The molecule has 2 aromatic heterocycles. The van der Waals surface area contributed by atoms with Gasteiger partial charge in [0.25, 0.3) is 5.56 Å². The molecule has 1 unspecified atom stereocenters. The Hall–Kier alpha value is -1.89. The lowest BCUT2D eigenvalue weighted by atomic mass is 10.2. The molecule has 1 atom stereocenters. The van der Waals surface area contributed by atoms with Gasteiger partial charge in [-0.25, -0.2) is 9.78 Å². The Morgan fingerprint density at radius 3 is 2.64 bits per heavy atom. The molecule has 120 valence electrons. The van der Waals surface area contributed by atoms with Crippen molar-refractivity contribution >= 4 is 11.2 Å². The fourth-order valence-corrected chi connectivity index (χ4v) is 3.30. The second kappa shape index (κ2) is 5.39. The van der Waals surface area contributed by atoms with Crippen LogP contribution in [-0.4, -0.2) is 25.2 Å². The molecule has 0 radical (unpaired) electrons. The molecule has 22 heavy (non-hydrogen) atoms. The topological polar surface area (TPSA) is 73.8 Å². The first-order valence-corrected chi connectivity index (χ1v) is 7.92. The zero-order valence-corrected chi connectivity index (χ0v) is 13.6. The highest BCUT2D eigenvalue weighted by atomic mass is 16.2. The lowest BCUT2D eigenvalue weighted by molar-refractivity contribution is 0.533. The van der Waals surface area contributed by atoms with Gasteiger partial charge in [-0.2, -0.15) is 0 Å². The van der Waals surface area contributed by atoms with E-state index in [9.17, 15) is 9.59 Å². The minimum absolute atomic E-state index is 0.0484. The van der Waals surface area contributed by atoms with Gasteiger partial charge in [0.1, 0.15) is 5.82 Å². The Morgan fingerprint density at radius 1 is 1.36 bits per heavy atom. The van der Waals surface area contributed by atoms with E-state index in [2.05, 4.69) is 10.3 Å². The van der Waals surface area contributed by atoms with Gasteiger partial charge < -0.3 is 9.88 Å². The molecule has 7 heteroatoms. The average molecular weight is 305 g/mol. The molecule has 0 bridgehead atoms. The Morgan fingerprint density at radius 2 is 2.09 bits per heavy atom. The number of hydrogen-bond donors (Lipinski definition) is 1. The highest BCUT2D eigenvalue weighted by molar-refractivity contribution is 5.71. The van der Waals surface area contributed by atoms with Gasteiger partial charge in [0.2, 0.25) is 0 Å². The molecule has 0 aromatic carbocycles. The van der Waals surface area contributed by atoms with Gasteiger partial charge in [0.05, 0.1) is 6.04 Å². The Labute approximate surface area is 128 Å². The van der Waals surface area contributed by atoms with Gasteiger partial charge in [-0.1, -0.05) is 0 Å². The summed E-state index contributed by atoms with van der Waals surface area (Å²) in [6.45, 7) is 7.02. The summed E-state index contributed by atoms with van der Waals surface area (Å²) in [5.41, 5.74) is 0.484. The van der Waals surface area contributed by atoms with Crippen molar-refractivity contribution < 1.29 is 0 Å². The summed E-state index contributed by atoms with van der Waals surface area (Å²) in [5, 5.41) is 3.41. The molecule has 1 fully saturated rings. The van der Waals surface area contributed by atoms with Crippen molar-refractivity contribution in [3.63, 3.8) is 0 Å². The van der Waals surface area contributed by atoms with E-state index in [4.69, 9.17) is 0 Å². The number of hydrogen-bond acceptors (Lipinski definition) is 4. The van der Waals surface area contributed by atoms with Gasteiger partial charge in [-0.15, -0.1) is 0 Å². The zero-order chi connectivity index (χ0) is 16.0. The molecule has 3 rings (SSSR count). The van der Waals surface area contributed by atoms with Crippen molar-refractivity contribution in [1.82, 2.24) is 24.0 Å². The van der Waals surface area contributed by atoms with Gasteiger partial charge in [-0.3, -0.25) is 13.9 Å². The maximum atomic E-state index is 12.7. The quantitative estimate of drug-likeness (QED) is 0.915. The van der Waals surface area contributed by atoms with Crippen LogP contribution in [0.1, 0.15) is 51.5 Å². The Balaban J connectivity index is 2.40. The first kappa shape index (κ1) is 15.0. The standard InChI is InChI=1S/C15H23N5O2/c1-5-19-14(21)11-13(20(9(2)3)15(19)22)17-12(18(11)4)10-7-6-8-16-10/h9-10,16H,5-8H2,1-4H3. The van der Waals surface area contributed by atoms with E-state index in [0.717, 1.165) is 25.2 Å². The predicted molar refractivity (Wildman–Crippen MR) is 85.3 cm³/mol. The summed E-state index contributed by atoms with van der Waals surface area (Å²) in [6, 6.07) is 0.107. The second-order valence-electron chi connectivity index (χ2n) is 6.15. The van der Waals surface area contributed by atoms with Crippen molar-refractivity contribution in [2.75, 3.05) is 6.54 Å². The lowest BCUT2D eigenvalue weighted by Gasteiger charge is -2.13. The molecule has 1 aliphatic rings. The zero-order valence-electron chi connectivity index (χ0n) is 13.6. The fraction of sp³-hybridized carbons (Fsp3) is 0.667. The van der Waals surface area contributed by atoms with Gasteiger partial charge in [-0.05, 0) is 40.2 Å². The van der Waals surface area contributed by atoms with E-state index in [1.54, 1.807) is 4.57 Å². The van der Waals surface area contributed by atoms with Crippen LogP contribution >= 0.6 is 0 Å². The summed E-state index contributed by atoms with van der Waals surface area (Å²) in [5.74, 6) is 0.840. The average Bonchev–Trinajstić information content (AvgIpc) is 3.07. The van der Waals surface area contributed by atoms with E-state index in [-0.39, 0.29) is 23.3 Å². The van der Waals surface area contributed by atoms with E-state index in [1.807, 2.05) is 32.4 Å². The third-order valence-corrected chi connectivity index (χ3v) is 4.43. The minimum atomic E-state index is -0.279. The smallest absolute Gasteiger partial charge is 0.324 e. The second-order valence-corrected chi connectivity index (χ2v) is 6.15. The maximum Gasteiger partial charge on any atom is 0.332 e. The van der Waals surface area contributed by atoms with E-state index in [0.29, 0.717) is 17.7 Å². The van der Waals surface area contributed by atoms with Crippen molar-refractivity contribution in [3.8, 4) is 0 Å². The Bertz CT molecular complexity index is 821. The van der Waals surface area contributed by atoms with Gasteiger partial charge >= 0.3 is 5.69 Å². The van der Waals surface area contributed by atoms with Crippen molar-refractivity contribution in [2.45, 2.75) is 52.2 Å². The van der Waals surface area contributed by atoms with Crippen LogP contribution in [0, 0.1) is 0 Å². The van der Waals surface area contributed by atoms with Crippen molar-refractivity contribution in [2.24, 2.45) is 7.05 Å². The van der Waals surface area contributed by atoms with Crippen LogP contribution in [0.4, 0.5) is 0 Å². The molecular formula is C15H23N5O2. The van der Waals surface area contributed by atoms with Gasteiger partial charge in [0.15, 0.2) is 11.2 Å². The predicted octanol–water partition coefficient (Wildman–Crippen LogP) is 0.922. The van der Waals surface area contributed by atoms with Crippen LogP contribution in [0.15, 0.2) is 9.59 Å². The number of aryl methyl sites for hydroxylation is 1. The summed E-state index contributed by atoms with van der Waals surface area (Å²) in [6.07, 6.45) is 2.11. The third kappa shape index (κ3) is 2.03. The van der Waals surface area contributed by atoms with Crippen LogP contribution in [0.25, 0.3) is 11.2 Å². The van der Waals surface area contributed by atoms with E-state index in [1.165, 1.54) is 4.57 Å². The highest BCUT2D eigenvalue weighted by Gasteiger charge is 2.26. The highest BCUT2D eigenvalue weighted by Crippen LogP contribution is 2.24. The van der Waals surface area contributed by atoms with E-state index >= 15 is 0 Å².